The molecule has 0 amide bonds. The van der Waals surface area contributed by atoms with Crippen molar-refractivity contribution in [1.29, 1.82) is 0 Å². The van der Waals surface area contributed by atoms with Gasteiger partial charge in [0, 0.05) is 6.92 Å². The van der Waals surface area contributed by atoms with Gasteiger partial charge in [-0.2, -0.15) is 0 Å². The van der Waals surface area contributed by atoms with Gasteiger partial charge in [-0.05, 0) is 37.3 Å². The molecule has 0 saturated heterocycles. The maximum Gasteiger partial charge on any atom is 0.325 e. The Hall–Kier alpha value is -0.700. The van der Waals surface area contributed by atoms with E-state index in [0.29, 0.717) is 13.2 Å². The third-order valence-corrected chi connectivity index (χ3v) is 2.09. The lowest BCUT2D eigenvalue weighted by molar-refractivity contribution is -0.338. The summed E-state index contributed by atoms with van der Waals surface area (Å²) >= 11 is 8.57. The molecule has 0 atom stereocenters. The smallest absolute Gasteiger partial charge is 0.325 e. The summed E-state index contributed by atoms with van der Waals surface area (Å²) in [5.74, 6) is -1.14. The van der Waals surface area contributed by atoms with E-state index < -0.39 is 11.1 Å². The summed E-state index contributed by atoms with van der Waals surface area (Å²) < 4.78 is 16.2. The normalized spacial score (nSPS) is 10.3. The highest BCUT2D eigenvalue weighted by atomic mass is 32.1. The van der Waals surface area contributed by atoms with Crippen molar-refractivity contribution in [2.75, 3.05) is 13.2 Å². The van der Waals surface area contributed by atoms with Crippen LogP contribution in [0.2, 0.25) is 0 Å². The summed E-state index contributed by atoms with van der Waals surface area (Å²) in [5, 5.41) is 7.01. The quantitative estimate of drug-likeness (QED) is 0.337. The van der Waals surface area contributed by atoms with Gasteiger partial charge in [0.05, 0.1) is 13.2 Å². The van der Waals surface area contributed by atoms with Crippen LogP contribution in [-0.2, 0) is 14.2 Å². The monoisotopic (exact) mass is 326 g/mol. The first-order valence-electron chi connectivity index (χ1n) is 6.52. The third kappa shape index (κ3) is 17.3. The Morgan fingerprint density at radius 1 is 1.05 bits per heavy atom. The predicted octanol–water partition coefficient (Wildman–Crippen LogP) is 2.34. The number of aliphatic hydroxyl groups excluding tert-OH is 1. The van der Waals surface area contributed by atoms with Crippen LogP contribution in [0, 0.1) is 0 Å². The van der Waals surface area contributed by atoms with Gasteiger partial charge in [-0.1, -0.05) is 26.7 Å². The van der Waals surface area contributed by atoms with Gasteiger partial charge >= 0.3 is 5.97 Å². The minimum Gasteiger partial charge on any atom is -0.487 e. The second-order valence-corrected chi connectivity index (χ2v) is 4.85. The molecular formula is C12H26N2O4S2. The summed E-state index contributed by atoms with van der Waals surface area (Å²) in [5.41, 5.74) is 9.73. The molecule has 0 fully saturated rings. The molecule has 0 heterocycles. The van der Waals surface area contributed by atoms with Gasteiger partial charge in [0.25, 0.3) is 10.3 Å². The highest BCUT2D eigenvalue weighted by Crippen LogP contribution is 2.16. The number of nitrogens with two attached hydrogens (primary N) is 2. The maximum absolute atomic E-state index is 7.56. The lowest BCUT2D eigenvalue weighted by Crippen LogP contribution is -2.40. The number of thiocarbonyl (C=S) groups is 2. The Kier molecular flexibility index (Phi) is 14.4. The van der Waals surface area contributed by atoms with Crippen LogP contribution in [-0.4, -0.2) is 34.6 Å². The Balaban J connectivity index is 0. The van der Waals surface area contributed by atoms with Crippen LogP contribution in [0.4, 0.5) is 0 Å². The molecule has 0 aliphatic carbocycles. The largest absolute Gasteiger partial charge is 0.487 e. The highest BCUT2D eigenvalue weighted by molar-refractivity contribution is 7.80. The van der Waals surface area contributed by atoms with Crippen LogP contribution in [0.25, 0.3) is 0 Å². The van der Waals surface area contributed by atoms with Gasteiger partial charge in [-0.15, -0.1) is 0 Å². The standard InChI is InChI=1S/C11H23NO3S.CH3NOS/c1-4-6-8-13-11(3,15-10(12)16)14-9-7-5-2;2-1(3)4/h4-9H2,1-3H3,(H2,12,16);(H3,2,3,4). The van der Waals surface area contributed by atoms with Crippen molar-refractivity contribution >= 4 is 34.8 Å². The van der Waals surface area contributed by atoms with E-state index in [0.717, 1.165) is 25.7 Å². The summed E-state index contributed by atoms with van der Waals surface area (Å²) in [7, 11) is 0. The lowest BCUT2D eigenvalue weighted by atomic mass is 10.3. The molecule has 0 aromatic rings. The molecule has 0 aromatic heterocycles. The fourth-order valence-electron chi connectivity index (χ4n) is 1.09. The number of hydrogen-bond acceptors (Lipinski definition) is 5. The van der Waals surface area contributed by atoms with Crippen molar-refractivity contribution in [2.45, 2.75) is 52.4 Å². The van der Waals surface area contributed by atoms with E-state index >= 15 is 0 Å². The van der Waals surface area contributed by atoms with E-state index in [9.17, 15) is 0 Å². The molecule has 8 heteroatoms. The zero-order chi connectivity index (χ0) is 16.0. The molecule has 0 radical (unpaired) electrons. The Labute approximate surface area is 131 Å². The molecule has 5 N–H and O–H groups in total. The number of ether oxygens (including phenoxy) is 3. The molecule has 20 heavy (non-hydrogen) atoms. The van der Waals surface area contributed by atoms with Gasteiger partial charge in [0.2, 0.25) is 0 Å². The van der Waals surface area contributed by atoms with E-state index in [2.05, 4.69) is 31.8 Å². The first-order valence-corrected chi connectivity index (χ1v) is 7.33. The molecule has 0 unspecified atom stereocenters. The minimum absolute atomic E-state index is 0.0597. The van der Waals surface area contributed by atoms with Gasteiger partial charge < -0.3 is 30.8 Å². The summed E-state index contributed by atoms with van der Waals surface area (Å²) in [6, 6.07) is 0. The van der Waals surface area contributed by atoms with Gasteiger partial charge in [0.1, 0.15) is 0 Å². The topological polar surface area (TPSA) is 100.0 Å². The van der Waals surface area contributed by atoms with Crippen molar-refractivity contribution in [3.63, 3.8) is 0 Å². The number of unbranched alkanes of at least 4 members (excludes halogenated alkanes) is 2. The van der Waals surface area contributed by atoms with E-state index in [1.165, 1.54) is 0 Å². The molecule has 0 aliphatic heterocycles. The molecule has 120 valence electrons. The van der Waals surface area contributed by atoms with E-state index in [4.69, 9.17) is 37.3 Å². The van der Waals surface area contributed by atoms with Gasteiger partial charge in [0.15, 0.2) is 0 Å². The van der Waals surface area contributed by atoms with E-state index in [1.54, 1.807) is 6.92 Å². The lowest BCUT2D eigenvalue weighted by Gasteiger charge is -2.29. The molecule has 0 rings (SSSR count). The first kappa shape index (κ1) is 21.6. The highest BCUT2D eigenvalue weighted by Gasteiger charge is 2.28. The molecule has 0 saturated carbocycles. The fourth-order valence-corrected chi connectivity index (χ4v) is 1.24. The number of hydrogen-bond donors (Lipinski definition) is 3. The maximum atomic E-state index is 7.56. The van der Waals surface area contributed by atoms with Crippen molar-refractivity contribution in [3.05, 3.63) is 0 Å². The second-order valence-electron chi connectivity index (χ2n) is 4.03. The molecule has 0 aliphatic rings. The molecule has 0 spiro atoms. The van der Waals surface area contributed by atoms with Crippen molar-refractivity contribution in [1.82, 2.24) is 0 Å². The average Bonchev–Trinajstić information content (AvgIpc) is 2.27. The van der Waals surface area contributed by atoms with Crippen LogP contribution in [0.3, 0.4) is 0 Å². The van der Waals surface area contributed by atoms with Crippen LogP contribution in [0.5, 0.6) is 0 Å². The van der Waals surface area contributed by atoms with Crippen LogP contribution in [0.1, 0.15) is 46.5 Å². The van der Waals surface area contributed by atoms with E-state index in [-0.39, 0.29) is 5.17 Å². The second kappa shape index (κ2) is 13.3. The van der Waals surface area contributed by atoms with Crippen LogP contribution < -0.4 is 11.5 Å². The third-order valence-electron chi connectivity index (χ3n) is 2.01. The Morgan fingerprint density at radius 2 is 1.40 bits per heavy atom. The number of aliphatic hydroxyl groups is 1. The van der Waals surface area contributed by atoms with E-state index in [1.807, 2.05) is 0 Å². The number of rotatable bonds is 9. The van der Waals surface area contributed by atoms with Crippen molar-refractivity contribution < 1.29 is 19.3 Å². The summed E-state index contributed by atoms with van der Waals surface area (Å²) in [6.45, 7) is 7.01. The zero-order valence-electron chi connectivity index (χ0n) is 12.4. The SMILES string of the molecule is CCCCOC(C)(OCCCC)OC(N)=S.NC(O)=S. The summed E-state index contributed by atoms with van der Waals surface area (Å²) in [6.07, 6.45) is 4.01. The van der Waals surface area contributed by atoms with Crippen molar-refractivity contribution in [2.24, 2.45) is 11.5 Å². The first-order chi connectivity index (χ1) is 9.27. The molecule has 0 aromatic carbocycles. The Bertz CT molecular complexity index is 264. The Morgan fingerprint density at radius 3 is 1.65 bits per heavy atom. The van der Waals surface area contributed by atoms with Crippen molar-refractivity contribution in [3.8, 4) is 0 Å². The van der Waals surface area contributed by atoms with Gasteiger partial charge in [-0.3, -0.25) is 0 Å². The van der Waals surface area contributed by atoms with Crippen LogP contribution >= 0.6 is 24.4 Å². The molecule has 6 nitrogen and oxygen atoms in total. The average molecular weight is 326 g/mol. The minimum atomic E-state index is -1.14. The fraction of sp³-hybridized carbons (Fsp3) is 0.833. The molecule has 0 bridgehead atoms. The van der Waals surface area contributed by atoms with Gasteiger partial charge in [-0.25, -0.2) is 0 Å². The zero-order valence-corrected chi connectivity index (χ0v) is 14.0. The molecular weight excluding hydrogens is 300 g/mol. The van der Waals surface area contributed by atoms with Crippen LogP contribution in [0.15, 0.2) is 0 Å². The predicted molar refractivity (Wildman–Crippen MR) is 87.4 cm³/mol. The summed E-state index contributed by atoms with van der Waals surface area (Å²) in [4.78, 5) is 0.